The molecule has 1 aliphatic heterocycles. The van der Waals surface area contributed by atoms with Crippen molar-refractivity contribution in [1.29, 1.82) is 0 Å². The van der Waals surface area contributed by atoms with Crippen LogP contribution in [-0.2, 0) is 47.6 Å². The lowest BCUT2D eigenvalue weighted by atomic mass is 9.44. The highest BCUT2D eigenvalue weighted by Gasteiger charge is 2.79. The summed E-state index contributed by atoms with van der Waals surface area (Å²) in [6.07, 6.45) is -7.39. The predicted molar refractivity (Wildman–Crippen MR) is 194 cm³/mol. The summed E-state index contributed by atoms with van der Waals surface area (Å²) in [6.45, 7) is 10.2. The molecular weight excluding hydrogens is 741 g/mol. The van der Waals surface area contributed by atoms with Gasteiger partial charge in [0.2, 0.25) is 0 Å². The van der Waals surface area contributed by atoms with Crippen LogP contribution >= 0.6 is 11.8 Å². The maximum Gasteiger partial charge on any atom is 0.368 e. The van der Waals surface area contributed by atoms with Crippen LogP contribution in [0, 0.1) is 23.7 Å². The Labute approximate surface area is 318 Å². The van der Waals surface area contributed by atoms with Gasteiger partial charge in [0.25, 0.3) is 10.1 Å². The minimum absolute atomic E-state index is 0.0367. The van der Waals surface area contributed by atoms with Crippen molar-refractivity contribution in [3.8, 4) is 0 Å². The van der Waals surface area contributed by atoms with E-state index in [4.69, 9.17) is 23.1 Å². The Bertz CT molecular complexity index is 2030. The number of hydrogen-bond acceptors (Lipinski definition) is 14. The number of carbonyl (C=O) groups is 5. The summed E-state index contributed by atoms with van der Waals surface area (Å²) in [5.74, 6) is -4.61. The van der Waals surface area contributed by atoms with Crippen LogP contribution < -0.4 is 0 Å². The summed E-state index contributed by atoms with van der Waals surface area (Å²) in [6, 6.07) is 13.7. The van der Waals surface area contributed by atoms with E-state index in [0.29, 0.717) is 0 Å². The average molecular weight is 785 g/mol. The van der Waals surface area contributed by atoms with Crippen molar-refractivity contribution >= 4 is 50.7 Å². The Balaban J connectivity index is 1.67. The molecule has 2 aromatic rings. The van der Waals surface area contributed by atoms with Crippen molar-refractivity contribution in [3.05, 3.63) is 76.9 Å². The fourth-order valence-corrected chi connectivity index (χ4v) is 10.4. The Hall–Kier alpha value is -3.89. The Morgan fingerprint density at radius 1 is 0.981 bits per heavy atom. The summed E-state index contributed by atoms with van der Waals surface area (Å²) in [4.78, 5) is 69.9. The molecule has 3 fully saturated rings. The molecule has 8 atom stereocenters. The van der Waals surface area contributed by atoms with E-state index in [2.05, 4.69) is 0 Å². The molecule has 6 rings (SSSR count). The van der Waals surface area contributed by atoms with Gasteiger partial charge in [0.1, 0.15) is 17.8 Å². The molecule has 13 nitrogen and oxygen atoms in total. The van der Waals surface area contributed by atoms with Crippen LogP contribution in [0.3, 0.4) is 0 Å². The number of carbonyl (C=O) groups excluding carboxylic acids is 5. The minimum Gasteiger partial charge on any atom is -0.455 e. The van der Waals surface area contributed by atoms with Crippen LogP contribution in [0.2, 0.25) is 0 Å². The van der Waals surface area contributed by atoms with Gasteiger partial charge in [0, 0.05) is 30.9 Å². The molecule has 2 aromatic carbocycles. The predicted octanol–water partition coefficient (Wildman–Crippen LogP) is 4.91. The molecule has 4 aliphatic rings. The van der Waals surface area contributed by atoms with E-state index in [9.17, 15) is 32.7 Å². The molecule has 0 amide bonds. The number of aliphatic hydroxyl groups is 1. The third-order valence-corrected chi connectivity index (χ3v) is 13.7. The zero-order chi connectivity index (χ0) is 39.6. The van der Waals surface area contributed by atoms with Gasteiger partial charge in [0.15, 0.2) is 23.3 Å². The molecule has 3 aliphatic carbocycles. The molecule has 0 unspecified atom stereocenters. The zero-order valence-corrected chi connectivity index (χ0v) is 32.7. The Morgan fingerprint density at radius 2 is 1.63 bits per heavy atom. The number of hydrogen-bond donors (Lipinski definition) is 1. The number of benzene rings is 2. The van der Waals surface area contributed by atoms with Gasteiger partial charge < -0.3 is 24.1 Å². The molecule has 54 heavy (non-hydrogen) atoms. The first-order valence-electron chi connectivity index (χ1n) is 17.7. The molecular formula is C39H44O13S2. The fraction of sp³-hybridized carbons (Fsp3) is 0.513. The second-order valence-electron chi connectivity index (χ2n) is 15.1. The van der Waals surface area contributed by atoms with Crippen LogP contribution in [0.4, 0.5) is 4.79 Å². The topological polar surface area (TPSA) is 186 Å². The van der Waals surface area contributed by atoms with E-state index in [1.807, 2.05) is 0 Å². The van der Waals surface area contributed by atoms with Crippen LogP contribution in [0.5, 0.6) is 0 Å². The van der Waals surface area contributed by atoms with Crippen LogP contribution in [0.1, 0.15) is 70.3 Å². The SMILES string of the molecule is CCSC(=O)O[C@H]1C(=O)[C@]2(C)[C@@H](OS(=O)(=O)c3ccc(C)cc3)C[C@H]3OC[C@@]3(OC(C)=O)[C@H]2[C@H](OC(=O)c2ccccc2)[C@]2(O)CC(=O)C(C)=C1C2(C)C. The molecule has 2 bridgehead atoms. The van der Waals surface area contributed by atoms with E-state index in [1.165, 1.54) is 38.1 Å². The van der Waals surface area contributed by atoms with Gasteiger partial charge in [-0.15, -0.1) is 0 Å². The van der Waals surface area contributed by atoms with E-state index in [-0.39, 0.29) is 40.4 Å². The van der Waals surface area contributed by atoms with Gasteiger partial charge >= 0.3 is 17.2 Å². The summed E-state index contributed by atoms with van der Waals surface area (Å²) in [5, 5.41) is 12.4. The molecule has 0 aromatic heterocycles. The highest BCUT2D eigenvalue weighted by molar-refractivity contribution is 8.13. The summed E-state index contributed by atoms with van der Waals surface area (Å²) >= 11 is 0.766. The van der Waals surface area contributed by atoms with E-state index >= 15 is 4.79 Å². The van der Waals surface area contributed by atoms with Crippen molar-refractivity contribution in [3.63, 3.8) is 0 Å². The number of Topliss-reactive ketones (excluding diaryl/α,β-unsaturated/α-hetero) is 2. The number of esters is 2. The van der Waals surface area contributed by atoms with Gasteiger partial charge in [-0.1, -0.05) is 56.7 Å². The first-order chi connectivity index (χ1) is 25.2. The largest absolute Gasteiger partial charge is 0.455 e. The van der Waals surface area contributed by atoms with Crippen molar-refractivity contribution in [2.45, 2.75) is 102 Å². The fourth-order valence-electron chi connectivity index (χ4n) is 8.84. The number of fused-ring (bicyclic) bond motifs is 5. The summed E-state index contributed by atoms with van der Waals surface area (Å²) in [5.41, 5.74) is -7.15. The maximum absolute atomic E-state index is 15.7. The number of allylic oxidation sites excluding steroid dienone is 1. The van der Waals surface area contributed by atoms with Gasteiger partial charge in [-0.05, 0) is 67.9 Å². The minimum atomic E-state index is -4.64. The monoisotopic (exact) mass is 784 g/mol. The normalized spacial score (nSPS) is 32.9. The van der Waals surface area contributed by atoms with E-state index in [1.54, 1.807) is 58.0 Å². The standard InChI is InChI=1S/C39H44O13S2/c1-8-53-35(44)49-30-29-22(3)26(41)19-39(45,36(29,5)6)33(50-34(43)24-12-10-9-11-13-24)31-37(7,32(30)42)27(18-28-38(31,20-48-28)51-23(4)40)52-54(46,47)25-16-14-21(2)15-17-25/h9-17,27-28,30-31,33,45H,8,18-20H2,1-7H3/t27-,28+,30+,31-,33-,37+,38-,39+/m0/s1. The third-order valence-electron chi connectivity index (χ3n) is 11.7. The first-order valence-corrected chi connectivity index (χ1v) is 20.1. The molecule has 290 valence electrons. The Morgan fingerprint density at radius 3 is 2.20 bits per heavy atom. The Kier molecular flexibility index (Phi) is 10.3. The number of aryl methyl sites for hydroxylation is 1. The quantitative estimate of drug-likeness (QED) is 0.216. The van der Waals surface area contributed by atoms with Gasteiger partial charge in [-0.25, -0.2) is 9.59 Å². The first kappa shape index (κ1) is 39.8. The molecule has 0 radical (unpaired) electrons. The van der Waals surface area contributed by atoms with Crippen molar-refractivity contribution in [2.24, 2.45) is 16.7 Å². The van der Waals surface area contributed by atoms with Crippen LogP contribution in [-0.4, -0.2) is 90.3 Å². The second-order valence-corrected chi connectivity index (χ2v) is 17.9. The third kappa shape index (κ3) is 6.21. The van der Waals surface area contributed by atoms with Crippen LogP contribution in [0.15, 0.2) is 70.6 Å². The van der Waals surface area contributed by atoms with E-state index in [0.717, 1.165) is 24.2 Å². The molecule has 2 saturated carbocycles. The molecule has 15 heteroatoms. The summed E-state index contributed by atoms with van der Waals surface area (Å²) < 4.78 is 58.4. The van der Waals surface area contributed by atoms with Crippen molar-refractivity contribution in [2.75, 3.05) is 12.4 Å². The molecule has 1 heterocycles. The zero-order valence-electron chi connectivity index (χ0n) is 31.1. The van der Waals surface area contributed by atoms with Gasteiger partial charge in [0.05, 0.1) is 34.5 Å². The molecule has 1 N–H and O–H groups in total. The second kappa shape index (κ2) is 14.0. The lowest BCUT2D eigenvalue weighted by Crippen LogP contribution is -2.82. The molecule has 0 spiro atoms. The van der Waals surface area contributed by atoms with Gasteiger partial charge in [-0.3, -0.25) is 18.6 Å². The highest BCUT2D eigenvalue weighted by Crippen LogP contribution is 2.64. The van der Waals surface area contributed by atoms with Crippen LogP contribution in [0.25, 0.3) is 0 Å². The van der Waals surface area contributed by atoms with Crippen molar-refractivity contribution < 1.29 is 60.6 Å². The summed E-state index contributed by atoms with van der Waals surface area (Å²) in [7, 11) is -4.64. The van der Waals surface area contributed by atoms with Crippen molar-refractivity contribution in [1.82, 2.24) is 0 Å². The lowest BCUT2D eigenvalue weighted by molar-refractivity contribution is -0.342. The van der Waals surface area contributed by atoms with E-state index < -0.39 is 97.7 Å². The molecule has 1 saturated heterocycles. The number of ketones is 2. The maximum atomic E-state index is 15.7. The number of rotatable bonds is 8. The number of thioether (sulfide) groups is 1. The lowest BCUT2D eigenvalue weighted by Gasteiger charge is -2.67. The average Bonchev–Trinajstić information content (AvgIpc) is 3.09. The smallest absolute Gasteiger partial charge is 0.368 e. The van der Waals surface area contributed by atoms with Gasteiger partial charge in [-0.2, -0.15) is 8.42 Å². The number of ether oxygens (including phenoxy) is 4. The highest BCUT2D eigenvalue weighted by atomic mass is 32.2.